The molecule has 2 aromatic carbocycles. The molecule has 0 spiro atoms. The maximum Gasteiger partial charge on any atom is 0.244 e. The molecule has 0 unspecified atom stereocenters. The van der Waals surface area contributed by atoms with Crippen molar-refractivity contribution in [1.29, 1.82) is 0 Å². The average molecular weight is 351 g/mol. The molecule has 1 aliphatic heterocycles. The lowest BCUT2D eigenvalue weighted by atomic mass is 10.1. The highest BCUT2D eigenvalue weighted by Gasteiger charge is 2.21. The maximum atomic E-state index is 12.3. The molecule has 1 aliphatic rings. The number of nitrogens with one attached hydrogen (secondary N) is 1. The summed E-state index contributed by atoms with van der Waals surface area (Å²) in [7, 11) is 0. The van der Waals surface area contributed by atoms with E-state index in [9.17, 15) is 4.79 Å². The summed E-state index contributed by atoms with van der Waals surface area (Å²) >= 11 is 0. The van der Waals surface area contributed by atoms with E-state index in [0.29, 0.717) is 6.61 Å². The van der Waals surface area contributed by atoms with Gasteiger partial charge in [0.1, 0.15) is 17.6 Å². The molecule has 0 saturated heterocycles. The lowest BCUT2D eigenvalue weighted by Crippen LogP contribution is -2.24. The molecule has 1 amide bonds. The number of amides is 1. The second-order valence-corrected chi connectivity index (χ2v) is 6.54. The summed E-state index contributed by atoms with van der Waals surface area (Å²) in [6, 6.07) is 13.8. The summed E-state index contributed by atoms with van der Waals surface area (Å²) in [6.07, 6.45) is 4.38. The first kappa shape index (κ1) is 18.1. The molecule has 0 bridgehead atoms. The Bertz CT molecular complexity index is 799. The van der Waals surface area contributed by atoms with Gasteiger partial charge >= 0.3 is 0 Å². The zero-order chi connectivity index (χ0) is 18.5. The van der Waals surface area contributed by atoms with Gasteiger partial charge in [0.2, 0.25) is 5.91 Å². The van der Waals surface area contributed by atoms with Gasteiger partial charge in [-0.05, 0) is 44.5 Å². The summed E-state index contributed by atoms with van der Waals surface area (Å²) < 4.78 is 11.6. The molecule has 4 heteroatoms. The first-order chi connectivity index (χ1) is 12.6. The number of carbonyl (C=O) groups is 1. The molecule has 0 saturated carbocycles. The van der Waals surface area contributed by atoms with E-state index in [-0.39, 0.29) is 18.1 Å². The highest BCUT2D eigenvalue weighted by Crippen LogP contribution is 2.35. The predicted octanol–water partition coefficient (Wildman–Crippen LogP) is 4.30. The lowest BCUT2D eigenvalue weighted by Gasteiger charge is -2.13. The van der Waals surface area contributed by atoms with Gasteiger partial charge in [-0.1, -0.05) is 30.3 Å². The molecule has 136 valence electrons. The van der Waals surface area contributed by atoms with E-state index < -0.39 is 0 Å². The van der Waals surface area contributed by atoms with Crippen LogP contribution >= 0.6 is 0 Å². The van der Waals surface area contributed by atoms with Gasteiger partial charge in [0.15, 0.2) is 0 Å². The smallest absolute Gasteiger partial charge is 0.244 e. The number of carbonyl (C=O) groups excluding carboxylic acids is 1. The number of rotatable bonds is 6. The van der Waals surface area contributed by atoms with Gasteiger partial charge < -0.3 is 14.8 Å². The number of fused-ring (bicyclic) bond motifs is 1. The van der Waals surface area contributed by atoms with Crippen LogP contribution in [0.5, 0.6) is 11.5 Å². The minimum absolute atomic E-state index is 0.0519. The van der Waals surface area contributed by atoms with Crippen LogP contribution in [0.2, 0.25) is 0 Å². The van der Waals surface area contributed by atoms with E-state index in [1.807, 2.05) is 63.2 Å². The van der Waals surface area contributed by atoms with Crippen molar-refractivity contribution in [2.24, 2.45) is 0 Å². The van der Waals surface area contributed by atoms with Crippen LogP contribution in [0.25, 0.3) is 6.08 Å². The second kappa shape index (κ2) is 8.09. The van der Waals surface area contributed by atoms with E-state index in [1.54, 1.807) is 12.2 Å². The number of hydrogen-bond acceptors (Lipinski definition) is 3. The molecule has 0 radical (unpaired) electrons. The third kappa shape index (κ3) is 4.26. The van der Waals surface area contributed by atoms with Gasteiger partial charge in [-0.3, -0.25) is 4.79 Å². The van der Waals surface area contributed by atoms with E-state index in [4.69, 9.17) is 9.47 Å². The van der Waals surface area contributed by atoms with Crippen LogP contribution in [0, 0.1) is 0 Å². The highest BCUT2D eigenvalue weighted by molar-refractivity contribution is 5.92. The van der Waals surface area contributed by atoms with Crippen molar-refractivity contribution in [3.05, 3.63) is 65.2 Å². The van der Waals surface area contributed by atoms with Crippen LogP contribution in [0.1, 0.15) is 43.5 Å². The Morgan fingerprint density at radius 1 is 1.35 bits per heavy atom. The molecule has 2 atom stereocenters. The van der Waals surface area contributed by atoms with Gasteiger partial charge in [-0.25, -0.2) is 0 Å². The van der Waals surface area contributed by atoms with Gasteiger partial charge in [0.25, 0.3) is 0 Å². The molecule has 1 heterocycles. The Hall–Kier alpha value is -2.75. The fourth-order valence-corrected chi connectivity index (χ4v) is 3.12. The van der Waals surface area contributed by atoms with Gasteiger partial charge in [0, 0.05) is 23.6 Å². The fraction of sp³-hybridized carbons (Fsp3) is 0.318. The van der Waals surface area contributed by atoms with Crippen molar-refractivity contribution in [3.8, 4) is 11.5 Å². The molecule has 0 fully saturated rings. The summed E-state index contributed by atoms with van der Waals surface area (Å²) in [5.41, 5.74) is 3.08. The van der Waals surface area contributed by atoms with Crippen LogP contribution in [0.3, 0.4) is 0 Å². The molecule has 3 rings (SSSR count). The van der Waals surface area contributed by atoms with Gasteiger partial charge in [0.05, 0.1) is 12.6 Å². The first-order valence-corrected chi connectivity index (χ1v) is 9.06. The van der Waals surface area contributed by atoms with Crippen LogP contribution in [-0.4, -0.2) is 18.6 Å². The average Bonchev–Trinajstić information content (AvgIpc) is 2.99. The van der Waals surface area contributed by atoms with Gasteiger partial charge in [-0.15, -0.1) is 0 Å². The van der Waals surface area contributed by atoms with Crippen LogP contribution in [0.4, 0.5) is 0 Å². The number of hydrogen-bond donors (Lipinski definition) is 1. The van der Waals surface area contributed by atoms with Crippen molar-refractivity contribution < 1.29 is 14.3 Å². The van der Waals surface area contributed by atoms with Gasteiger partial charge in [-0.2, -0.15) is 0 Å². The summed E-state index contributed by atoms with van der Waals surface area (Å²) in [6.45, 7) is 6.55. The molecule has 0 aliphatic carbocycles. The molecular formula is C22H25NO3. The normalized spacial score (nSPS) is 16.8. The Morgan fingerprint density at radius 2 is 2.12 bits per heavy atom. The predicted molar refractivity (Wildman–Crippen MR) is 103 cm³/mol. The Kier molecular flexibility index (Phi) is 5.61. The van der Waals surface area contributed by atoms with Crippen LogP contribution in [0.15, 0.2) is 48.5 Å². The monoisotopic (exact) mass is 351 g/mol. The summed E-state index contributed by atoms with van der Waals surface area (Å²) in [4.78, 5) is 12.3. The largest absolute Gasteiger partial charge is 0.493 e. The molecule has 26 heavy (non-hydrogen) atoms. The van der Waals surface area contributed by atoms with Crippen molar-refractivity contribution in [2.45, 2.75) is 39.3 Å². The van der Waals surface area contributed by atoms with Crippen molar-refractivity contribution in [1.82, 2.24) is 5.32 Å². The first-order valence-electron chi connectivity index (χ1n) is 9.06. The van der Waals surface area contributed by atoms with E-state index in [1.165, 1.54) is 0 Å². The standard InChI is InChI=1S/C22H25NO3/c1-4-25-20-14-19-12-15(2)26-21(19)13-18(20)10-11-22(24)23-16(3)17-8-6-5-7-9-17/h5-11,13-16H,4,12H2,1-3H3,(H,23,24)/b11-10+/t15-,16+/m0/s1. The van der Waals surface area contributed by atoms with E-state index >= 15 is 0 Å². The van der Waals surface area contributed by atoms with Crippen LogP contribution in [-0.2, 0) is 11.2 Å². The molecule has 2 aromatic rings. The third-order valence-corrected chi connectivity index (χ3v) is 4.40. The Morgan fingerprint density at radius 3 is 2.85 bits per heavy atom. The molecule has 1 N–H and O–H groups in total. The minimum Gasteiger partial charge on any atom is -0.493 e. The zero-order valence-corrected chi connectivity index (χ0v) is 15.5. The fourth-order valence-electron chi connectivity index (χ4n) is 3.12. The van der Waals surface area contributed by atoms with Crippen molar-refractivity contribution in [3.63, 3.8) is 0 Å². The highest BCUT2D eigenvalue weighted by atomic mass is 16.5. The summed E-state index contributed by atoms with van der Waals surface area (Å²) in [5.74, 6) is 1.52. The Labute approximate surface area is 154 Å². The van der Waals surface area contributed by atoms with E-state index in [2.05, 4.69) is 5.32 Å². The van der Waals surface area contributed by atoms with Crippen molar-refractivity contribution in [2.75, 3.05) is 6.61 Å². The zero-order valence-electron chi connectivity index (χ0n) is 15.5. The van der Waals surface area contributed by atoms with Crippen LogP contribution < -0.4 is 14.8 Å². The summed E-state index contributed by atoms with van der Waals surface area (Å²) in [5, 5.41) is 2.98. The Balaban J connectivity index is 1.73. The SMILES string of the molecule is CCOc1cc2c(cc1/C=C/C(=O)N[C@H](C)c1ccccc1)O[C@@H](C)C2. The number of benzene rings is 2. The number of ether oxygens (including phenoxy) is 2. The molecular weight excluding hydrogens is 326 g/mol. The topological polar surface area (TPSA) is 47.6 Å². The lowest BCUT2D eigenvalue weighted by molar-refractivity contribution is -0.117. The van der Waals surface area contributed by atoms with E-state index in [0.717, 1.165) is 34.6 Å². The second-order valence-electron chi connectivity index (χ2n) is 6.54. The molecule has 0 aromatic heterocycles. The quantitative estimate of drug-likeness (QED) is 0.790. The third-order valence-electron chi connectivity index (χ3n) is 4.40. The molecule has 4 nitrogen and oxygen atoms in total. The minimum atomic E-state index is -0.140. The maximum absolute atomic E-state index is 12.3. The van der Waals surface area contributed by atoms with Crippen molar-refractivity contribution >= 4 is 12.0 Å².